The number of morpholine rings is 1. The number of nitrogens with zero attached hydrogens (tertiary/aromatic N) is 2. The second-order valence-corrected chi connectivity index (χ2v) is 4.19. The molecule has 1 aliphatic heterocycles. The Labute approximate surface area is 101 Å². The molecule has 5 nitrogen and oxygen atoms in total. The molecule has 0 amide bonds. The molecule has 2 heterocycles. The first-order valence-corrected chi connectivity index (χ1v) is 5.75. The highest BCUT2D eigenvalue weighted by atomic mass is 16.5. The van der Waals surface area contributed by atoms with Crippen LogP contribution >= 0.6 is 0 Å². The highest BCUT2D eigenvalue weighted by Crippen LogP contribution is 2.20. The Morgan fingerprint density at radius 1 is 1.53 bits per heavy atom. The van der Waals surface area contributed by atoms with Crippen molar-refractivity contribution in [3.8, 4) is 5.88 Å². The fourth-order valence-electron chi connectivity index (χ4n) is 2.03. The van der Waals surface area contributed by atoms with Gasteiger partial charge in [-0.05, 0) is 13.0 Å². The van der Waals surface area contributed by atoms with E-state index in [0.29, 0.717) is 12.4 Å². The third-order valence-corrected chi connectivity index (χ3v) is 2.77. The van der Waals surface area contributed by atoms with Gasteiger partial charge in [0.05, 0.1) is 25.9 Å². The summed E-state index contributed by atoms with van der Waals surface area (Å²) >= 11 is 0. The molecule has 1 N–H and O–H groups in total. The summed E-state index contributed by atoms with van der Waals surface area (Å²) in [4.78, 5) is 6.49. The van der Waals surface area contributed by atoms with Crippen LogP contribution in [0.5, 0.6) is 5.88 Å². The van der Waals surface area contributed by atoms with Gasteiger partial charge in [-0.15, -0.1) is 0 Å². The van der Waals surface area contributed by atoms with Gasteiger partial charge in [0.1, 0.15) is 5.82 Å². The number of anilines is 1. The summed E-state index contributed by atoms with van der Waals surface area (Å²) in [6.07, 6.45) is -0.0550. The highest BCUT2D eigenvalue weighted by molar-refractivity contribution is 5.41. The molecule has 0 aromatic carbocycles. The number of hydrogen-bond donors (Lipinski definition) is 1. The van der Waals surface area contributed by atoms with Crippen molar-refractivity contribution in [2.45, 2.75) is 19.1 Å². The Kier molecular flexibility index (Phi) is 3.81. The van der Waals surface area contributed by atoms with E-state index in [1.54, 1.807) is 7.11 Å². The number of aliphatic hydroxyl groups is 1. The van der Waals surface area contributed by atoms with Crippen LogP contribution in [0.15, 0.2) is 18.2 Å². The van der Waals surface area contributed by atoms with Crippen LogP contribution in [0.2, 0.25) is 0 Å². The van der Waals surface area contributed by atoms with Crippen molar-refractivity contribution < 1.29 is 14.6 Å². The van der Waals surface area contributed by atoms with Gasteiger partial charge in [-0.25, -0.2) is 0 Å². The lowest BCUT2D eigenvalue weighted by Crippen LogP contribution is -2.48. The zero-order valence-electron chi connectivity index (χ0n) is 10.2. The second kappa shape index (κ2) is 5.33. The van der Waals surface area contributed by atoms with E-state index in [2.05, 4.69) is 9.88 Å². The molecule has 0 radical (unpaired) electrons. The maximum absolute atomic E-state index is 9.18. The van der Waals surface area contributed by atoms with Gasteiger partial charge >= 0.3 is 0 Å². The first-order chi connectivity index (χ1) is 8.22. The maximum Gasteiger partial charge on any atom is 0.214 e. The molecule has 0 saturated carbocycles. The smallest absolute Gasteiger partial charge is 0.214 e. The number of methoxy groups -OCH3 is 1. The minimum Gasteiger partial charge on any atom is -0.481 e. The van der Waals surface area contributed by atoms with E-state index in [9.17, 15) is 5.11 Å². The van der Waals surface area contributed by atoms with Gasteiger partial charge in [-0.3, -0.25) is 0 Å². The standard InChI is InChI=1S/C12H18N2O3/c1-9-6-14(7-10(8-15)17-9)11-4-3-5-12(13-11)16-2/h3-5,9-10,15H,6-8H2,1-2H3. The Bertz CT molecular complexity index is 373. The van der Waals surface area contributed by atoms with Gasteiger partial charge < -0.3 is 19.5 Å². The van der Waals surface area contributed by atoms with E-state index in [-0.39, 0.29) is 18.8 Å². The first kappa shape index (κ1) is 12.1. The summed E-state index contributed by atoms with van der Waals surface area (Å²) in [6.45, 7) is 3.46. The molecular formula is C12H18N2O3. The van der Waals surface area contributed by atoms with Crippen LogP contribution in [-0.4, -0.2) is 49.1 Å². The average Bonchev–Trinajstić information content (AvgIpc) is 2.38. The van der Waals surface area contributed by atoms with Crippen LogP contribution < -0.4 is 9.64 Å². The lowest BCUT2D eigenvalue weighted by atomic mass is 10.2. The molecule has 2 rings (SSSR count). The van der Waals surface area contributed by atoms with Crippen LogP contribution in [0.4, 0.5) is 5.82 Å². The van der Waals surface area contributed by atoms with Crippen LogP contribution in [0.25, 0.3) is 0 Å². The fraction of sp³-hybridized carbons (Fsp3) is 0.583. The molecule has 17 heavy (non-hydrogen) atoms. The SMILES string of the molecule is COc1cccc(N2CC(C)OC(CO)C2)n1. The molecule has 1 aromatic rings. The quantitative estimate of drug-likeness (QED) is 0.839. The third kappa shape index (κ3) is 2.87. The van der Waals surface area contributed by atoms with Crippen molar-refractivity contribution in [3.05, 3.63) is 18.2 Å². The summed E-state index contributed by atoms with van der Waals surface area (Å²) < 4.78 is 10.7. The molecule has 1 aromatic heterocycles. The fourth-order valence-corrected chi connectivity index (χ4v) is 2.03. The summed E-state index contributed by atoms with van der Waals surface area (Å²) in [5.41, 5.74) is 0. The molecule has 1 fully saturated rings. The van der Waals surface area contributed by atoms with Gasteiger partial charge in [-0.2, -0.15) is 4.98 Å². The monoisotopic (exact) mass is 238 g/mol. The summed E-state index contributed by atoms with van der Waals surface area (Å²) in [7, 11) is 1.60. The van der Waals surface area contributed by atoms with E-state index in [4.69, 9.17) is 9.47 Å². The molecule has 1 saturated heterocycles. The lowest BCUT2D eigenvalue weighted by Gasteiger charge is -2.36. The third-order valence-electron chi connectivity index (χ3n) is 2.77. The molecule has 5 heteroatoms. The van der Waals surface area contributed by atoms with E-state index in [0.717, 1.165) is 12.4 Å². The largest absolute Gasteiger partial charge is 0.481 e. The van der Waals surface area contributed by atoms with Crippen LogP contribution in [0, 0.1) is 0 Å². The van der Waals surface area contributed by atoms with Crippen LogP contribution in [0.3, 0.4) is 0 Å². The number of ether oxygens (including phenoxy) is 2. The average molecular weight is 238 g/mol. The molecule has 0 bridgehead atoms. The minimum atomic E-state index is -0.147. The van der Waals surface area contributed by atoms with Crippen molar-refractivity contribution in [2.24, 2.45) is 0 Å². The normalized spacial score (nSPS) is 24.8. The van der Waals surface area contributed by atoms with Gasteiger partial charge in [0.2, 0.25) is 5.88 Å². The predicted molar refractivity (Wildman–Crippen MR) is 64.4 cm³/mol. The highest BCUT2D eigenvalue weighted by Gasteiger charge is 2.25. The Balaban J connectivity index is 2.14. The van der Waals surface area contributed by atoms with Gasteiger partial charge in [0.25, 0.3) is 0 Å². The summed E-state index contributed by atoms with van der Waals surface area (Å²) in [5.74, 6) is 1.46. The number of pyridine rings is 1. The van der Waals surface area contributed by atoms with Gasteiger partial charge in [0, 0.05) is 19.2 Å². The number of aromatic nitrogens is 1. The van der Waals surface area contributed by atoms with Crippen molar-refractivity contribution in [1.82, 2.24) is 4.98 Å². The Hall–Kier alpha value is -1.33. The zero-order valence-corrected chi connectivity index (χ0v) is 10.2. The molecule has 2 unspecified atom stereocenters. The van der Waals surface area contributed by atoms with E-state index >= 15 is 0 Å². The number of rotatable bonds is 3. The maximum atomic E-state index is 9.18. The molecule has 0 spiro atoms. The molecule has 2 atom stereocenters. The molecule has 94 valence electrons. The topological polar surface area (TPSA) is 54.8 Å². The summed E-state index contributed by atoms with van der Waals surface area (Å²) in [5, 5.41) is 9.18. The number of hydrogen-bond acceptors (Lipinski definition) is 5. The van der Waals surface area contributed by atoms with E-state index < -0.39 is 0 Å². The second-order valence-electron chi connectivity index (χ2n) is 4.19. The molecule has 0 aliphatic carbocycles. The zero-order chi connectivity index (χ0) is 12.3. The Morgan fingerprint density at radius 2 is 2.35 bits per heavy atom. The van der Waals surface area contributed by atoms with Crippen molar-refractivity contribution >= 4 is 5.82 Å². The minimum absolute atomic E-state index is 0.0325. The van der Waals surface area contributed by atoms with Gasteiger partial charge in [-0.1, -0.05) is 6.07 Å². The Morgan fingerprint density at radius 3 is 3.06 bits per heavy atom. The van der Waals surface area contributed by atoms with Crippen LogP contribution in [0.1, 0.15) is 6.92 Å². The van der Waals surface area contributed by atoms with E-state index in [1.807, 2.05) is 25.1 Å². The number of aliphatic hydroxyl groups excluding tert-OH is 1. The molecular weight excluding hydrogens is 220 g/mol. The van der Waals surface area contributed by atoms with Crippen molar-refractivity contribution in [1.29, 1.82) is 0 Å². The van der Waals surface area contributed by atoms with Crippen molar-refractivity contribution in [3.63, 3.8) is 0 Å². The first-order valence-electron chi connectivity index (χ1n) is 5.75. The predicted octanol–water partition coefficient (Wildman–Crippen LogP) is 0.676. The molecule has 1 aliphatic rings. The van der Waals surface area contributed by atoms with Gasteiger partial charge in [0.15, 0.2) is 0 Å². The van der Waals surface area contributed by atoms with Crippen molar-refractivity contribution in [2.75, 3.05) is 31.7 Å². The lowest BCUT2D eigenvalue weighted by molar-refractivity contribution is -0.0423. The van der Waals surface area contributed by atoms with E-state index in [1.165, 1.54) is 0 Å². The van der Waals surface area contributed by atoms with Crippen LogP contribution in [-0.2, 0) is 4.74 Å². The summed E-state index contributed by atoms with van der Waals surface area (Å²) in [6, 6.07) is 5.67.